The molecule has 0 radical (unpaired) electrons. The van der Waals surface area contributed by atoms with E-state index in [9.17, 15) is 14.9 Å². The molecule has 0 aromatic heterocycles. The number of ether oxygens (including phenoxy) is 4. The maximum Gasteiger partial charge on any atom is 0.412 e. The Hall–Kier alpha value is -2.59. The summed E-state index contributed by atoms with van der Waals surface area (Å²) in [4.78, 5) is 24.0. The number of fused-ring (bicyclic) bond motifs is 1. The molecule has 244 valence electrons. The Labute approximate surface area is 303 Å². The molecule has 4 atom stereocenters. The van der Waals surface area contributed by atoms with Gasteiger partial charge in [-0.15, -0.1) is 0 Å². The Kier molecular flexibility index (Phi) is 11.6. The zero-order valence-corrected chi connectivity index (χ0v) is 32.2. The summed E-state index contributed by atoms with van der Waals surface area (Å²) >= 11 is 14.2. The van der Waals surface area contributed by atoms with Gasteiger partial charge in [0.25, 0.3) is 0 Å². The highest BCUT2D eigenvalue weighted by molar-refractivity contribution is 9.40. The van der Waals surface area contributed by atoms with Gasteiger partial charge in [0.05, 0.1) is 10.7 Å². The summed E-state index contributed by atoms with van der Waals surface area (Å²) in [5.41, 5.74) is 1.15. The van der Waals surface area contributed by atoms with E-state index in [-0.39, 0.29) is 33.6 Å². The van der Waals surface area contributed by atoms with Crippen molar-refractivity contribution in [1.82, 2.24) is 5.32 Å². The summed E-state index contributed by atoms with van der Waals surface area (Å²) < 4.78 is 21.8. The molecule has 1 amide bonds. The minimum absolute atomic E-state index is 0.0233. The monoisotopic (exact) mass is 882 g/mol. The normalized spacial score (nSPS) is 19.8. The number of nitrogens with zero attached hydrogens (tertiary/aromatic N) is 1. The first-order valence-electron chi connectivity index (χ1n) is 14.4. The van der Waals surface area contributed by atoms with E-state index in [0.29, 0.717) is 28.6 Å². The summed E-state index contributed by atoms with van der Waals surface area (Å²) in [7, 11) is 1.52. The van der Waals surface area contributed by atoms with Gasteiger partial charge in [-0.2, -0.15) is 5.26 Å². The molecule has 1 unspecified atom stereocenters. The highest BCUT2D eigenvalue weighted by Gasteiger charge is 2.67. The van der Waals surface area contributed by atoms with Crippen molar-refractivity contribution in [2.24, 2.45) is 17.3 Å². The molecule has 1 heterocycles. The predicted molar refractivity (Wildman–Crippen MR) is 190 cm³/mol. The van der Waals surface area contributed by atoms with Gasteiger partial charge in [0.1, 0.15) is 25.3 Å². The molecular formula is C34H34Br4N2O6. The van der Waals surface area contributed by atoms with E-state index in [1.165, 1.54) is 7.05 Å². The van der Waals surface area contributed by atoms with Gasteiger partial charge >= 0.3 is 12.1 Å². The number of para-hydroxylation sites is 2. The summed E-state index contributed by atoms with van der Waals surface area (Å²) in [6, 6.07) is 24.1. The van der Waals surface area contributed by atoms with E-state index in [4.69, 9.17) is 18.9 Å². The summed E-state index contributed by atoms with van der Waals surface area (Å²) in [6.07, 6.45) is -0.668. The van der Waals surface area contributed by atoms with Gasteiger partial charge in [0.2, 0.25) is 6.10 Å². The summed E-state index contributed by atoms with van der Waals surface area (Å²) in [5, 5.41) is 12.1. The third kappa shape index (κ3) is 8.85. The number of nitrogens with one attached hydrogen (secondary N) is 1. The highest BCUT2D eigenvalue weighted by atomic mass is 80.0. The van der Waals surface area contributed by atoms with Crippen LogP contribution in [0.4, 0.5) is 4.79 Å². The quantitative estimate of drug-likeness (QED) is 0.186. The Morgan fingerprint density at radius 3 is 2.28 bits per heavy atom. The number of nitriles is 1. The Bertz CT molecular complexity index is 1600. The van der Waals surface area contributed by atoms with Crippen LogP contribution in [0.1, 0.15) is 44.9 Å². The van der Waals surface area contributed by atoms with Gasteiger partial charge in [-0.1, -0.05) is 120 Å². The van der Waals surface area contributed by atoms with Crippen molar-refractivity contribution in [3.63, 3.8) is 0 Å². The molecule has 1 saturated carbocycles. The summed E-state index contributed by atoms with van der Waals surface area (Å²) in [6.45, 7) is 8.06. The van der Waals surface area contributed by atoms with Crippen LogP contribution in [0, 0.1) is 28.6 Å². The molecule has 8 nitrogen and oxygen atoms in total. The van der Waals surface area contributed by atoms with Crippen molar-refractivity contribution in [2.45, 2.75) is 52.8 Å². The van der Waals surface area contributed by atoms with Crippen molar-refractivity contribution in [3.05, 3.63) is 83.9 Å². The first-order valence-corrected chi connectivity index (χ1v) is 17.7. The molecule has 2 aliphatic rings. The van der Waals surface area contributed by atoms with Crippen LogP contribution in [0.15, 0.2) is 72.8 Å². The van der Waals surface area contributed by atoms with Crippen molar-refractivity contribution in [2.75, 3.05) is 7.05 Å². The van der Waals surface area contributed by atoms with Crippen molar-refractivity contribution >= 4 is 75.8 Å². The second-order valence-corrected chi connectivity index (χ2v) is 20.1. The fourth-order valence-corrected chi connectivity index (χ4v) is 7.26. The van der Waals surface area contributed by atoms with Crippen LogP contribution in [0.3, 0.4) is 0 Å². The van der Waals surface area contributed by atoms with Gasteiger partial charge in [-0.25, -0.2) is 4.79 Å². The average Bonchev–Trinajstić information content (AvgIpc) is 3.42. The molecule has 0 spiro atoms. The van der Waals surface area contributed by atoms with Gasteiger partial charge in [0.15, 0.2) is 11.5 Å². The molecule has 5 rings (SSSR count). The van der Waals surface area contributed by atoms with Crippen molar-refractivity contribution < 1.29 is 28.5 Å². The number of hydrogen-bond acceptors (Lipinski definition) is 7. The number of hydrogen-bond donors (Lipinski definition) is 1. The molecule has 46 heavy (non-hydrogen) atoms. The van der Waals surface area contributed by atoms with E-state index in [0.717, 1.165) is 12.0 Å². The second kappa shape index (κ2) is 14.7. The third-order valence-electron chi connectivity index (χ3n) is 7.75. The summed E-state index contributed by atoms with van der Waals surface area (Å²) in [5.74, 6) is 1.73. The van der Waals surface area contributed by atoms with E-state index in [1.54, 1.807) is 30.3 Å². The zero-order chi connectivity index (χ0) is 33.9. The minimum atomic E-state index is -1.01. The number of benzene rings is 3. The number of carbonyl (C=O) groups is 2. The molecule has 3 aromatic carbocycles. The lowest BCUT2D eigenvalue weighted by molar-refractivity contribution is -0.149. The molecule has 1 aliphatic heterocycles. The Balaban J connectivity index is 0.000000252. The van der Waals surface area contributed by atoms with E-state index >= 15 is 0 Å². The smallest absolute Gasteiger partial charge is 0.412 e. The fraction of sp³-hybridized carbons (Fsp3) is 0.382. The largest absolute Gasteiger partial charge is 0.483 e. The lowest BCUT2D eigenvalue weighted by Gasteiger charge is -2.21. The Morgan fingerprint density at radius 2 is 1.65 bits per heavy atom. The Morgan fingerprint density at radius 1 is 1.00 bits per heavy atom. The van der Waals surface area contributed by atoms with Crippen LogP contribution in [0.5, 0.6) is 23.0 Å². The lowest BCUT2D eigenvalue weighted by Crippen LogP contribution is -2.25. The SMILES string of the molecule is CC1(C)[C@H](C(=O)O[C@H](C#N)c2cccc(Oc3ccccc3)c2)[C@@H]1C(Br)C(Br)(Br)Br.CNC(=O)Oc1cccc2c1OC(C)(C)C2. The molecule has 12 heteroatoms. The van der Waals surface area contributed by atoms with Crippen LogP contribution in [-0.4, -0.2) is 31.7 Å². The predicted octanol–water partition coefficient (Wildman–Crippen LogP) is 9.58. The van der Waals surface area contributed by atoms with Gasteiger partial charge in [-0.3, -0.25) is 4.79 Å². The van der Waals surface area contributed by atoms with Crippen LogP contribution < -0.4 is 19.5 Å². The van der Waals surface area contributed by atoms with E-state index < -0.39 is 14.3 Å². The highest BCUT2D eigenvalue weighted by Crippen LogP contribution is 2.66. The van der Waals surface area contributed by atoms with Gasteiger partial charge in [-0.05, 0) is 55.5 Å². The first-order chi connectivity index (χ1) is 21.6. The number of amides is 1. The third-order valence-corrected chi connectivity index (χ3v) is 12.3. The number of carbonyl (C=O) groups excluding carboxylic acids is 2. The topological polar surface area (TPSA) is 107 Å². The number of alkyl halides is 4. The lowest BCUT2D eigenvalue weighted by atomic mass is 10.0. The maximum absolute atomic E-state index is 12.9. The van der Waals surface area contributed by atoms with Crippen LogP contribution in [0.2, 0.25) is 0 Å². The van der Waals surface area contributed by atoms with Crippen molar-refractivity contribution in [1.29, 1.82) is 5.26 Å². The standard InChI is InChI=1S/C22H19Br4NO3.C12H15NO3/c1-21(2)17(19(23)22(24,25)26)18(21)20(28)30-16(12-27)13-7-6-10-15(11-13)29-14-8-4-3-5-9-14;1-12(2)7-8-5-4-6-9(10(8)16-12)15-11(14)13-3/h3-11,16-19H,1-2H3;4-6H,7H2,1-3H3,(H,13,14)/t16-,17-,18+,19?;/m1./s1. The van der Waals surface area contributed by atoms with E-state index in [2.05, 4.69) is 75.1 Å². The number of esters is 1. The van der Waals surface area contributed by atoms with Gasteiger partial charge < -0.3 is 24.3 Å². The number of rotatable bonds is 7. The first kappa shape index (κ1) is 36.2. The van der Waals surface area contributed by atoms with Crippen LogP contribution in [0.25, 0.3) is 0 Å². The number of halogens is 4. The molecule has 3 aromatic rings. The fourth-order valence-electron chi connectivity index (χ4n) is 5.42. The van der Waals surface area contributed by atoms with Crippen LogP contribution >= 0.6 is 63.7 Å². The molecule has 1 aliphatic carbocycles. The molecule has 0 bridgehead atoms. The van der Waals surface area contributed by atoms with Crippen molar-refractivity contribution in [3.8, 4) is 29.1 Å². The van der Waals surface area contributed by atoms with Crippen LogP contribution in [-0.2, 0) is 16.0 Å². The van der Waals surface area contributed by atoms with Gasteiger partial charge in [0, 0.05) is 24.6 Å². The second-order valence-electron chi connectivity index (χ2n) is 12.1. The minimum Gasteiger partial charge on any atom is -0.483 e. The maximum atomic E-state index is 12.9. The zero-order valence-electron chi connectivity index (χ0n) is 25.9. The van der Waals surface area contributed by atoms with E-state index in [1.807, 2.05) is 70.2 Å². The molecule has 1 N–H and O–H groups in total. The molecular weight excluding hydrogens is 852 g/mol. The molecule has 0 saturated heterocycles. The molecule has 1 fully saturated rings. The average molecular weight is 886 g/mol.